The number of piperidine rings is 1. The number of benzene rings is 2. The van der Waals surface area contributed by atoms with Crippen LogP contribution in [0.25, 0.3) is 0 Å². The number of rotatable bonds is 4. The third-order valence-electron chi connectivity index (χ3n) is 6.79. The van der Waals surface area contributed by atoms with E-state index in [0.29, 0.717) is 5.02 Å². The van der Waals surface area contributed by atoms with Crippen LogP contribution in [0.4, 0.5) is 0 Å². The van der Waals surface area contributed by atoms with E-state index in [1.165, 1.54) is 38.8 Å². The Morgan fingerprint density at radius 2 is 1.67 bits per heavy atom. The minimum atomic E-state index is -1.11. The van der Waals surface area contributed by atoms with E-state index in [0.717, 1.165) is 51.8 Å². The molecular formula is C27H30ClNOS3. The van der Waals surface area contributed by atoms with Crippen LogP contribution in [-0.4, -0.2) is 45.2 Å². The Hall–Kier alpha value is -0.740. The third-order valence-corrected chi connectivity index (χ3v) is 11.8. The van der Waals surface area contributed by atoms with Crippen molar-refractivity contribution in [2.45, 2.75) is 58.0 Å². The monoisotopic (exact) mass is 515 g/mol. The summed E-state index contributed by atoms with van der Waals surface area (Å²) in [7, 11) is 0. The Balaban J connectivity index is 1.48. The fourth-order valence-corrected chi connectivity index (χ4v) is 10.0. The van der Waals surface area contributed by atoms with Gasteiger partial charge >= 0.3 is 0 Å². The lowest BCUT2D eigenvalue weighted by atomic mass is 9.80. The lowest BCUT2D eigenvalue weighted by Gasteiger charge is -2.51. The van der Waals surface area contributed by atoms with E-state index in [4.69, 9.17) is 11.6 Å². The Labute approximate surface area is 215 Å². The van der Waals surface area contributed by atoms with Gasteiger partial charge in [0.25, 0.3) is 0 Å². The number of nitrogens with zero attached hydrogens (tertiary/aromatic N) is 1. The molecule has 33 heavy (non-hydrogen) atoms. The number of hydrogen-bond donors (Lipinski definition) is 1. The smallest absolute Gasteiger partial charge is 0.141 e. The summed E-state index contributed by atoms with van der Waals surface area (Å²) in [6.07, 6.45) is 6.75. The summed E-state index contributed by atoms with van der Waals surface area (Å²) in [6, 6.07) is 14.3. The first-order valence-corrected chi connectivity index (χ1v) is 15.0. The molecule has 2 fully saturated rings. The van der Waals surface area contributed by atoms with Crippen molar-refractivity contribution in [3.05, 3.63) is 58.6 Å². The first-order valence-electron chi connectivity index (χ1n) is 11.9. The maximum atomic E-state index is 12.8. The molecule has 174 valence electrons. The first-order chi connectivity index (χ1) is 16.1. The number of thioether (sulfide) groups is 2. The fourth-order valence-electron chi connectivity index (χ4n) is 5.11. The average Bonchev–Trinajstić information content (AvgIpc) is 2.86. The van der Waals surface area contributed by atoms with Crippen molar-refractivity contribution in [2.75, 3.05) is 31.1 Å². The van der Waals surface area contributed by atoms with Crippen LogP contribution in [-0.2, 0) is 5.60 Å². The molecule has 0 saturated carbocycles. The summed E-state index contributed by atoms with van der Waals surface area (Å²) in [5.74, 6) is 9.00. The number of hydrogen-bond acceptors (Lipinski definition) is 5. The van der Waals surface area contributed by atoms with E-state index >= 15 is 0 Å². The van der Waals surface area contributed by atoms with Crippen molar-refractivity contribution >= 4 is 46.9 Å². The maximum absolute atomic E-state index is 12.8. The molecule has 1 N–H and O–H groups in total. The van der Waals surface area contributed by atoms with E-state index in [1.54, 1.807) is 11.8 Å². The molecule has 2 aromatic rings. The molecule has 0 aromatic heterocycles. The van der Waals surface area contributed by atoms with E-state index < -0.39 is 5.60 Å². The highest BCUT2D eigenvalue weighted by Crippen LogP contribution is 2.63. The molecule has 3 heterocycles. The van der Waals surface area contributed by atoms with Gasteiger partial charge in [-0.2, -0.15) is 0 Å². The van der Waals surface area contributed by atoms with Crippen molar-refractivity contribution < 1.29 is 5.11 Å². The van der Waals surface area contributed by atoms with Gasteiger partial charge in [0, 0.05) is 32.4 Å². The van der Waals surface area contributed by atoms with Crippen molar-refractivity contribution in [2.24, 2.45) is 0 Å². The molecule has 0 bridgehead atoms. The van der Waals surface area contributed by atoms with E-state index in [9.17, 15) is 5.11 Å². The van der Waals surface area contributed by atoms with Crippen LogP contribution in [0.3, 0.4) is 0 Å². The summed E-state index contributed by atoms with van der Waals surface area (Å²) in [4.78, 5) is 4.71. The SMILES string of the molecule is OC1(C2(CCC#CCN3CCCCC3)SCCCS2)c2ccccc2Sc2ccc(Cl)cc21. The second-order valence-electron chi connectivity index (χ2n) is 8.94. The summed E-state index contributed by atoms with van der Waals surface area (Å²) >= 11 is 12.0. The number of halogens is 1. The summed E-state index contributed by atoms with van der Waals surface area (Å²) in [6.45, 7) is 3.22. The first kappa shape index (κ1) is 24.0. The van der Waals surface area contributed by atoms with E-state index in [-0.39, 0.29) is 4.08 Å². The quantitative estimate of drug-likeness (QED) is 0.447. The van der Waals surface area contributed by atoms with Crippen LogP contribution >= 0.6 is 46.9 Å². The normalized spacial score (nSPS) is 24.3. The molecule has 1 unspecified atom stereocenters. The standard InChI is InChI=1S/C27H30ClNOS3/c28-21-12-13-25-23(20-21)27(30,22-10-3-4-11-24(22)33-25)26(31-18-9-19-32-26)14-5-1-6-15-29-16-7-2-8-17-29/h3-4,10-13,20,30H,2,5,7-9,14-19H2. The van der Waals surface area contributed by atoms with Gasteiger partial charge in [0.15, 0.2) is 0 Å². The minimum Gasteiger partial charge on any atom is -0.378 e. The van der Waals surface area contributed by atoms with Gasteiger partial charge in [0.05, 0.1) is 10.6 Å². The predicted octanol–water partition coefficient (Wildman–Crippen LogP) is 6.88. The Kier molecular flexibility index (Phi) is 7.61. The highest BCUT2D eigenvalue weighted by Gasteiger charge is 2.57. The topological polar surface area (TPSA) is 23.5 Å². The van der Waals surface area contributed by atoms with Crippen molar-refractivity contribution in [1.29, 1.82) is 0 Å². The van der Waals surface area contributed by atoms with Gasteiger partial charge in [-0.3, -0.25) is 4.90 Å². The number of aliphatic hydroxyl groups is 1. The van der Waals surface area contributed by atoms with Crippen LogP contribution in [0.5, 0.6) is 0 Å². The number of fused-ring (bicyclic) bond motifs is 2. The molecule has 1 atom stereocenters. The zero-order valence-corrected chi connectivity index (χ0v) is 22.0. The van der Waals surface area contributed by atoms with Gasteiger partial charge in [0.2, 0.25) is 0 Å². The summed E-state index contributed by atoms with van der Waals surface area (Å²) in [5, 5.41) is 13.4. The van der Waals surface area contributed by atoms with Gasteiger partial charge in [-0.15, -0.1) is 29.4 Å². The zero-order valence-electron chi connectivity index (χ0n) is 18.8. The summed E-state index contributed by atoms with van der Waals surface area (Å²) < 4.78 is -0.387. The fraction of sp³-hybridized carbons (Fsp3) is 0.481. The molecule has 2 aromatic carbocycles. The van der Waals surface area contributed by atoms with Gasteiger partial charge in [-0.05, 0) is 74.5 Å². The summed E-state index contributed by atoms with van der Waals surface area (Å²) in [5.41, 5.74) is 0.842. The van der Waals surface area contributed by atoms with Crippen LogP contribution in [0.15, 0.2) is 52.3 Å². The Bertz CT molecular complexity index is 1050. The lowest BCUT2D eigenvalue weighted by Crippen LogP contribution is -2.51. The molecular weight excluding hydrogens is 486 g/mol. The molecule has 0 spiro atoms. The third kappa shape index (κ3) is 4.73. The van der Waals surface area contributed by atoms with Gasteiger partial charge in [-0.25, -0.2) is 0 Å². The van der Waals surface area contributed by atoms with Crippen molar-refractivity contribution in [3.63, 3.8) is 0 Å². The van der Waals surface area contributed by atoms with Gasteiger partial charge in [0.1, 0.15) is 5.60 Å². The van der Waals surface area contributed by atoms with Gasteiger partial charge < -0.3 is 5.11 Å². The van der Waals surface area contributed by atoms with Crippen LogP contribution in [0, 0.1) is 11.8 Å². The molecule has 0 radical (unpaired) electrons. The molecule has 2 saturated heterocycles. The van der Waals surface area contributed by atoms with E-state index in [1.807, 2.05) is 41.7 Å². The Morgan fingerprint density at radius 1 is 0.909 bits per heavy atom. The second kappa shape index (κ2) is 10.5. The molecule has 0 aliphatic carbocycles. The Morgan fingerprint density at radius 3 is 2.48 bits per heavy atom. The highest BCUT2D eigenvalue weighted by molar-refractivity contribution is 8.18. The molecule has 6 heteroatoms. The van der Waals surface area contributed by atoms with Crippen LogP contribution < -0.4 is 0 Å². The largest absolute Gasteiger partial charge is 0.378 e. The molecule has 5 rings (SSSR count). The lowest BCUT2D eigenvalue weighted by molar-refractivity contribution is 0.0578. The molecule has 0 amide bonds. The molecule has 3 aliphatic heterocycles. The molecule has 3 aliphatic rings. The van der Waals surface area contributed by atoms with E-state index in [2.05, 4.69) is 41.0 Å². The van der Waals surface area contributed by atoms with Crippen LogP contribution in [0.2, 0.25) is 5.02 Å². The highest BCUT2D eigenvalue weighted by atomic mass is 35.5. The van der Waals surface area contributed by atoms with Gasteiger partial charge in [-0.1, -0.05) is 53.9 Å². The number of likely N-dealkylation sites (tertiary alicyclic amines) is 1. The van der Waals surface area contributed by atoms with Crippen LogP contribution in [0.1, 0.15) is 49.7 Å². The van der Waals surface area contributed by atoms with Crippen molar-refractivity contribution in [3.8, 4) is 11.8 Å². The molecule has 2 nitrogen and oxygen atoms in total. The average molecular weight is 516 g/mol. The predicted molar refractivity (Wildman–Crippen MR) is 145 cm³/mol. The second-order valence-corrected chi connectivity index (χ2v) is 13.5. The zero-order chi connectivity index (χ0) is 22.7. The minimum absolute atomic E-state index is 0.387. The maximum Gasteiger partial charge on any atom is 0.141 e. The van der Waals surface area contributed by atoms with Crippen molar-refractivity contribution in [1.82, 2.24) is 4.90 Å².